The first-order valence-electron chi connectivity index (χ1n) is 7.51. The van der Waals surface area contributed by atoms with E-state index in [1.807, 2.05) is 42.5 Å². The average molecular weight is 371 g/mol. The Morgan fingerprint density at radius 2 is 1.65 bits per heavy atom. The van der Waals surface area contributed by atoms with Crippen LogP contribution in [0.5, 0.6) is 0 Å². The van der Waals surface area contributed by atoms with Crippen LogP contribution in [0, 0.1) is 0 Å². The molecule has 2 heterocycles. The van der Waals surface area contributed by atoms with E-state index < -0.39 is 0 Å². The van der Waals surface area contributed by atoms with Crippen molar-refractivity contribution < 1.29 is 9.59 Å². The van der Waals surface area contributed by atoms with Crippen molar-refractivity contribution in [1.82, 2.24) is 10.3 Å². The fourth-order valence-electron chi connectivity index (χ4n) is 2.61. The Labute approximate surface area is 159 Å². The van der Waals surface area contributed by atoms with Crippen LogP contribution in [-0.4, -0.2) is 17.2 Å². The smallest absolute Gasteiger partial charge is 0.224 e. The summed E-state index contributed by atoms with van der Waals surface area (Å²) >= 11 is 5.76. The lowest BCUT2D eigenvalue weighted by molar-refractivity contribution is -0.121. The Balaban J connectivity index is 0.000000244. The number of carbonyl (C=O) groups excluding carboxylic acids is 2. The Hall–Kier alpha value is -2.72. The molecule has 5 heteroatoms. The number of hydrogen-bond acceptors (Lipinski definition) is 3. The van der Waals surface area contributed by atoms with Gasteiger partial charge in [-0.25, -0.2) is 4.98 Å². The lowest BCUT2D eigenvalue weighted by Gasteiger charge is -2.15. The molecular formula is C21H23ClN2O2. The second-order valence-corrected chi connectivity index (χ2v) is 5.75. The van der Waals surface area contributed by atoms with Crippen molar-refractivity contribution in [3.05, 3.63) is 76.6 Å². The molecule has 0 saturated carbocycles. The molecule has 0 fully saturated rings. The average Bonchev–Trinajstić information content (AvgIpc) is 2.62. The second kappa shape index (κ2) is 9.68. The molecule has 4 rings (SSSR count). The third-order valence-corrected chi connectivity index (χ3v) is 4.15. The third-order valence-electron chi connectivity index (χ3n) is 3.85. The van der Waals surface area contributed by atoms with Crippen LogP contribution in [0.3, 0.4) is 0 Å². The first-order chi connectivity index (χ1) is 11.7. The van der Waals surface area contributed by atoms with E-state index in [1.54, 1.807) is 6.20 Å². The van der Waals surface area contributed by atoms with Crippen LogP contribution in [0.2, 0.25) is 5.15 Å². The zero-order chi connectivity index (χ0) is 16.9. The lowest BCUT2D eigenvalue weighted by atomic mass is 10.0. The standard InChI is InChI=1S/C10H6ClNO.C9H9NO.2CH4/c11-10-9(6-13)8-4-2-1-3-7(8)5-12-10;11-9-5-7-3-1-2-4-8(7)6-10-9;;/h1-6H;1-4H,5-6H2,(H,10,11);2*1H4. The first kappa shape index (κ1) is 21.3. The van der Waals surface area contributed by atoms with Crippen molar-refractivity contribution in [3.8, 4) is 0 Å². The van der Waals surface area contributed by atoms with Crippen LogP contribution in [0.4, 0.5) is 0 Å². The van der Waals surface area contributed by atoms with Gasteiger partial charge in [0.1, 0.15) is 5.15 Å². The van der Waals surface area contributed by atoms with E-state index >= 15 is 0 Å². The summed E-state index contributed by atoms with van der Waals surface area (Å²) in [4.78, 5) is 25.5. The van der Waals surface area contributed by atoms with Gasteiger partial charge in [-0.05, 0) is 16.5 Å². The molecule has 0 bridgehead atoms. The molecule has 1 N–H and O–H groups in total. The Kier molecular flexibility index (Phi) is 7.94. The molecule has 0 atom stereocenters. The molecule has 3 aromatic rings. The molecule has 0 unspecified atom stereocenters. The van der Waals surface area contributed by atoms with Crippen molar-refractivity contribution in [2.24, 2.45) is 0 Å². The zero-order valence-electron chi connectivity index (χ0n) is 12.8. The Bertz CT molecular complexity index is 909. The van der Waals surface area contributed by atoms with E-state index in [-0.39, 0.29) is 25.9 Å². The summed E-state index contributed by atoms with van der Waals surface area (Å²) in [6, 6.07) is 15.5. The van der Waals surface area contributed by atoms with Crippen LogP contribution < -0.4 is 5.32 Å². The first-order valence-corrected chi connectivity index (χ1v) is 7.88. The normalized spacial score (nSPS) is 11.7. The van der Waals surface area contributed by atoms with Crippen molar-refractivity contribution in [2.75, 3.05) is 0 Å². The molecule has 2 aromatic carbocycles. The number of rotatable bonds is 1. The topological polar surface area (TPSA) is 59.1 Å². The van der Waals surface area contributed by atoms with Gasteiger partial charge in [0.05, 0.1) is 12.0 Å². The van der Waals surface area contributed by atoms with Gasteiger partial charge in [-0.3, -0.25) is 9.59 Å². The number of nitrogens with one attached hydrogen (secondary N) is 1. The largest absolute Gasteiger partial charge is 0.352 e. The fraction of sp³-hybridized carbons (Fsp3) is 0.190. The maximum Gasteiger partial charge on any atom is 0.224 e. The summed E-state index contributed by atoms with van der Waals surface area (Å²) < 4.78 is 0. The summed E-state index contributed by atoms with van der Waals surface area (Å²) in [7, 11) is 0. The fourth-order valence-corrected chi connectivity index (χ4v) is 2.80. The Morgan fingerprint density at radius 1 is 1.00 bits per heavy atom. The molecule has 0 saturated heterocycles. The van der Waals surface area contributed by atoms with Gasteiger partial charge < -0.3 is 5.32 Å². The van der Waals surface area contributed by atoms with Gasteiger partial charge in [-0.15, -0.1) is 0 Å². The molecule has 0 spiro atoms. The molecule has 0 aliphatic carbocycles. The number of hydrogen-bond donors (Lipinski definition) is 1. The molecule has 136 valence electrons. The number of pyridine rings is 1. The Morgan fingerprint density at radius 3 is 2.38 bits per heavy atom. The number of carbonyl (C=O) groups is 2. The highest BCUT2D eigenvalue weighted by Gasteiger charge is 2.12. The predicted octanol–water partition coefficient (Wildman–Crippen LogP) is 4.83. The van der Waals surface area contributed by atoms with Crippen molar-refractivity contribution in [1.29, 1.82) is 0 Å². The summed E-state index contributed by atoms with van der Waals surface area (Å²) in [5.74, 6) is 0.128. The van der Waals surface area contributed by atoms with Crippen LogP contribution in [0.15, 0.2) is 54.7 Å². The monoisotopic (exact) mass is 370 g/mol. The molecule has 1 amide bonds. The van der Waals surface area contributed by atoms with E-state index in [0.717, 1.165) is 22.6 Å². The van der Waals surface area contributed by atoms with Gasteiger partial charge in [-0.1, -0.05) is 75.0 Å². The number of aldehydes is 1. The molecule has 26 heavy (non-hydrogen) atoms. The van der Waals surface area contributed by atoms with Crippen LogP contribution in [-0.2, 0) is 17.8 Å². The van der Waals surface area contributed by atoms with Crippen LogP contribution in [0.25, 0.3) is 10.8 Å². The molecule has 1 aliphatic rings. The van der Waals surface area contributed by atoms with E-state index in [4.69, 9.17) is 11.6 Å². The summed E-state index contributed by atoms with van der Waals surface area (Å²) in [5, 5.41) is 4.83. The molecule has 1 aromatic heterocycles. The van der Waals surface area contributed by atoms with Crippen LogP contribution >= 0.6 is 11.6 Å². The minimum absolute atomic E-state index is 0. The summed E-state index contributed by atoms with van der Waals surface area (Å²) in [6.07, 6.45) is 2.93. The number of fused-ring (bicyclic) bond motifs is 2. The number of benzene rings is 2. The highest BCUT2D eigenvalue weighted by molar-refractivity contribution is 6.33. The van der Waals surface area contributed by atoms with Gasteiger partial charge in [-0.2, -0.15) is 0 Å². The van der Waals surface area contributed by atoms with E-state index in [1.165, 1.54) is 5.56 Å². The molecule has 4 nitrogen and oxygen atoms in total. The van der Waals surface area contributed by atoms with Gasteiger partial charge in [0.25, 0.3) is 0 Å². The predicted molar refractivity (Wildman–Crippen MR) is 108 cm³/mol. The van der Waals surface area contributed by atoms with Gasteiger partial charge in [0.2, 0.25) is 5.91 Å². The minimum Gasteiger partial charge on any atom is -0.352 e. The maximum atomic E-state index is 10.9. The molecule has 1 aliphatic heterocycles. The SMILES string of the molecule is C.C.O=C1Cc2ccccc2CN1.O=Cc1c(Cl)ncc2ccccc12. The van der Waals surface area contributed by atoms with Crippen molar-refractivity contribution in [2.45, 2.75) is 27.8 Å². The van der Waals surface area contributed by atoms with Gasteiger partial charge >= 0.3 is 0 Å². The quantitative estimate of drug-likeness (QED) is 0.493. The van der Waals surface area contributed by atoms with E-state index in [0.29, 0.717) is 18.5 Å². The highest BCUT2D eigenvalue weighted by atomic mass is 35.5. The molecular weight excluding hydrogens is 348 g/mol. The summed E-state index contributed by atoms with van der Waals surface area (Å²) in [6.45, 7) is 0.689. The van der Waals surface area contributed by atoms with Gasteiger partial charge in [0.15, 0.2) is 6.29 Å². The van der Waals surface area contributed by atoms with Gasteiger partial charge in [0, 0.05) is 18.1 Å². The zero-order valence-corrected chi connectivity index (χ0v) is 13.6. The van der Waals surface area contributed by atoms with Crippen molar-refractivity contribution >= 4 is 34.6 Å². The van der Waals surface area contributed by atoms with E-state index in [9.17, 15) is 9.59 Å². The number of amides is 1. The minimum atomic E-state index is 0. The number of nitrogens with zero attached hydrogens (tertiary/aromatic N) is 1. The highest BCUT2D eigenvalue weighted by Crippen LogP contribution is 2.21. The van der Waals surface area contributed by atoms with E-state index in [2.05, 4.69) is 16.4 Å². The van der Waals surface area contributed by atoms with Crippen molar-refractivity contribution in [3.63, 3.8) is 0 Å². The second-order valence-electron chi connectivity index (χ2n) is 5.39. The van der Waals surface area contributed by atoms with Crippen LogP contribution in [0.1, 0.15) is 36.3 Å². The number of aromatic nitrogens is 1. The summed E-state index contributed by atoms with van der Waals surface area (Å²) in [5.41, 5.74) is 2.86. The lowest BCUT2D eigenvalue weighted by Crippen LogP contribution is -2.29. The third kappa shape index (κ3) is 4.67. The number of halogens is 1. The maximum absolute atomic E-state index is 10.9. The molecule has 0 radical (unpaired) electrons.